The molecular weight excluding hydrogens is 424 g/mol. The summed E-state index contributed by atoms with van der Waals surface area (Å²) in [5.41, 5.74) is 1.85. The Morgan fingerprint density at radius 1 is 1.00 bits per heavy atom. The van der Waals surface area contributed by atoms with E-state index in [1.807, 2.05) is 12.1 Å². The van der Waals surface area contributed by atoms with Crippen molar-refractivity contribution in [2.45, 2.75) is 11.1 Å². The smallest absolute Gasteiger partial charge is 0.264 e. The molecule has 0 amide bonds. The molecule has 30 heavy (non-hydrogen) atoms. The van der Waals surface area contributed by atoms with Gasteiger partial charge in [0, 0.05) is 43.5 Å². The quantitative estimate of drug-likeness (QED) is 0.605. The van der Waals surface area contributed by atoms with E-state index in [9.17, 15) is 18.0 Å². The Morgan fingerprint density at radius 2 is 1.70 bits per heavy atom. The van der Waals surface area contributed by atoms with Gasteiger partial charge in [-0.15, -0.1) is 11.3 Å². The van der Waals surface area contributed by atoms with Crippen molar-refractivity contribution >= 4 is 32.8 Å². The lowest BCUT2D eigenvalue weighted by Gasteiger charge is -2.35. The van der Waals surface area contributed by atoms with Crippen LogP contribution in [0.5, 0.6) is 0 Å². The molecule has 2 aromatic heterocycles. The minimum absolute atomic E-state index is 0.0184. The summed E-state index contributed by atoms with van der Waals surface area (Å²) in [6.45, 7) is 3.42. The number of piperazine rings is 1. The Morgan fingerprint density at radius 3 is 2.30 bits per heavy atom. The first kappa shape index (κ1) is 20.5. The fourth-order valence-corrected chi connectivity index (χ4v) is 6.15. The molecule has 1 N–H and O–H groups in total. The van der Waals surface area contributed by atoms with Crippen LogP contribution in [-0.2, 0) is 10.0 Å². The summed E-state index contributed by atoms with van der Waals surface area (Å²) in [7, 11) is -3.60. The van der Waals surface area contributed by atoms with E-state index in [1.165, 1.54) is 17.3 Å². The molecule has 0 unspecified atom stereocenters. The summed E-state index contributed by atoms with van der Waals surface area (Å²) in [6, 6.07) is 13.6. The average molecular weight is 445 g/mol. The van der Waals surface area contributed by atoms with Crippen LogP contribution in [0, 0.1) is 0 Å². The summed E-state index contributed by atoms with van der Waals surface area (Å²) in [4.78, 5) is 25.4. The van der Waals surface area contributed by atoms with E-state index >= 15 is 0 Å². The first-order valence-electron chi connectivity index (χ1n) is 9.36. The third-order valence-corrected chi connectivity index (χ3v) is 8.46. The topological polar surface area (TPSA) is 103 Å². The zero-order valence-corrected chi connectivity index (χ0v) is 17.9. The lowest BCUT2D eigenvalue weighted by molar-refractivity contribution is 0.101. The van der Waals surface area contributed by atoms with Crippen molar-refractivity contribution < 1.29 is 13.2 Å². The molecule has 3 heterocycles. The number of H-pyrrole nitrogens is 1. The second-order valence-corrected chi connectivity index (χ2v) is 10.2. The zero-order chi connectivity index (χ0) is 21.3. The molecule has 1 aliphatic heterocycles. The Hall–Kier alpha value is -2.82. The highest BCUT2D eigenvalue weighted by Crippen LogP contribution is 2.31. The maximum atomic E-state index is 13.1. The monoisotopic (exact) mass is 444 g/mol. The summed E-state index contributed by atoms with van der Waals surface area (Å²) in [5.74, 6) is 0.0184. The molecule has 0 bridgehead atoms. The summed E-state index contributed by atoms with van der Waals surface area (Å²) in [6.07, 6.45) is 0. The van der Waals surface area contributed by atoms with Crippen molar-refractivity contribution in [1.82, 2.24) is 14.5 Å². The number of nitrogens with one attached hydrogen (secondary N) is 1. The van der Waals surface area contributed by atoms with Gasteiger partial charge in [-0.2, -0.15) is 9.40 Å². The van der Waals surface area contributed by atoms with Gasteiger partial charge in [0.05, 0.1) is 4.88 Å². The number of carbonyl (C=O) groups excluding carboxylic acids is 1. The van der Waals surface area contributed by atoms with Gasteiger partial charge in [0.25, 0.3) is 15.6 Å². The second kappa shape index (κ2) is 8.13. The molecule has 0 aliphatic carbocycles. The van der Waals surface area contributed by atoms with Crippen LogP contribution < -0.4 is 10.5 Å². The Bertz CT molecular complexity index is 1200. The van der Waals surface area contributed by atoms with E-state index in [4.69, 9.17) is 0 Å². The normalized spacial score (nSPS) is 15.3. The van der Waals surface area contributed by atoms with Gasteiger partial charge >= 0.3 is 0 Å². The highest BCUT2D eigenvalue weighted by atomic mass is 32.2. The highest BCUT2D eigenvalue weighted by molar-refractivity contribution is 7.91. The fraction of sp³-hybridized carbons (Fsp3) is 0.250. The van der Waals surface area contributed by atoms with E-state index in [0.29, 0.717) is 42.3 Å². The maximum Gasteiger partial charge on any atom is 0.264 e. The number of thiophene rings is 1. The standard InChI is InChI=1S/C20H20N4O4S2/c1-14(25)15-2-4-16(5-3-15)23-10-12-24(13-11-23)30(27,28)20-9-7-18(29-20)17-6-8-19(26)22-21-17/h2-9H,10-13H2,1H3,(H,22,26). The second-order valence-electron chi connectivity index (χ2n) is 6.92. The van der Waals surface area contributed by atoms with E-state index in [1.54, 1.807) is 30.3 Å². The Kier molecular flexibility index (Phi) is 5.54. The van der Waals surface area contributed by atoms with E-state index in [-0.39, 0.29) is 15.6 Å². The molecule has 0 saturated carbocycles. The number of anilines is 1. The molecule has 1 saturated heterocycles. The Labute approximate surface area is 177 Å². The summed E-state index contributed by atoms with van der Waals surface area (Å²) in [5, 5.41) is 6.31. The number of aromatic nitrogens is 2. The van der Waals surface area contributed by atoms with Gasteiger partial charge in [-0.25, -0.2) is 13.5 Å². The molecule has 156 valence electrons. The van der Waals surface area contributed by atoms with Gasteiger partial charge in [0.2, 0.25) is 0 Å². The van der Waals surface area contributed by atoms with Gasteiger partial charge in [-0.05, 0) is 49.4 Å². The average Bonchev–Trinajstić information content (AvgIpc) is 3.26. The van der Waals surface area contributed by atoms with Crippen LogP contribution in [0.25, 0.3) is 10.6 Å². The first-order chi connectivity index (χ1) is 14.3. The van der Waals surface area contributed by atoms with Crippen LogP contribution >= 0.6 is 11.3 Å². The summed E-state index contributed by atoms with van der Waals surface area (Å²) < 4.78 is 27.8. The zero-order valence-electron chi connectivity index (χ0n) is 16.2. The summed E-state index contributed by atoms with van der Waals surface area (Å²) >= 11 is 1.13. The predicted molar refractivity (Wildman–Crippen MR) is 116 cm³/mol. The van der Waals surface area contributed by atoms with Gasteiger partial charge in [0.15, 0.2) is 5.78 Å². The van der Waals surface area contributed by atoms with Gasteiger partial charge in [-0.3, -0.25) is 9.59 Å². The number of aromatic amines is 1. The number of hydrogen-bond acceptors (Lipinski definition) is 7. The van der Waals surface area contributed by atoms with Gasteiger partial charge in [-0.1, -0.05) is 0 Å². The highest BCUT2D eigenvalue weighted by Gasteiger charge is 2.30. The number of carbonyl (C=O) groups is 1. The van der Waals surface area contributed by atoms with Crippen molar-refractivity contribution in [3.63, 3.8) is 0 Å². The molecular formula is C20H20N4O4S2. The van der Waals surface area contributed by atoms with E-state index in [0.717, 1.165) is 17.0 Å². The van der Waals surface area contributed by atoms with Crippen molar-refractivity contribution in [3.05, 3.63) is 64.4 Å². The van der Waals surface area contributed by atoms with Crippen LogP contribution in [0.3, 0.4) is 0 Å². The van der Waals surface area contributed by atoms with Gasteiger partial charge in [0.1, 0.15) is 9.90 Å². The van der Waals surface area contributed by atoms with Crippen LogP contribution in [0.15, 0.2) is 57.5 Å². The maximum absolute atomic E-state index is 13.1. The van der Waals surface area contributed by atoms with Crippen molar-refractivity contribution in [2.75, 3.05) is 31.1 Å². The Balaban J connectivity index is 1.45. The van der Waals surface area contributed by atoms with E-state index < -0.39 is 10.0 Å². The molecule has 4 rings (SSSR count). The molecule has 1 aliphatic rings. The molecule has 3 aromatic rings. The third kappa shape index (κ3) is 4.07. The lowest BCUT2D eigenvalue weighted by Crippen LogP contribution is -2.48. The SMILES string of the molecule is CC(=O)c1ccc(N2CCN(S(=O)(=O)c3ccc(-c4ccc(=O)[nH]n4)s3)CC2)cc1. The number of ketones is 1. The number of Topliss-reactive ketones (excluding diaryl/α,β-unsaturated/α-hetero) is 1. The molecule has 0 atom stereocenters. The van der Waals surface area contributed by atoms with Crippen molar-refractivity contribution in [1.29, 1.82) is 0 Å². The van der Waals surface area contributed by atoms with Crippen LogP contribution in [0.2, 0.25) is 0 Å². The molecule has 1 aromatic carbocycles. The largest absolute Gasteiger partial charge is 0.369 e. The van der Waals surface area contributed by atoms with Crippen LogP contribution in [0.4, 0.5) is 5.69 Å². The van der Waals surface area contributed by atoms with Crippen LogP contribution in [-0.4, -0.2) is 54.9 Å². The van der Waals surface area contributed by atoms with Crippen molar-refractivity contribution in [2.24, 2.45) is 0 Å². The molecule has 1 fully saturated rings. The first-order valence-corrected chi connectivity index (χ1v) is 11.6. The molecule has 0 radical (unpaired) electrons. The van der Waals surface area contributed by atoms with Crippen molar-refractivity contribution in [3.8, 4) is 10.6 Å². The number of benzene rings is 1. The lowest BCUT2D eigenvalue weighted by atomic mass is 10.1. The number of sulfonamides is 1. The fourth-order valence-electron chi connectivity index (χ4n) is 3.30. The molecule has 8 nitrogen and oxygen atoms in total. The molecule has 10 heteroatoms. The minimum Gasteiger partial charge on any atom is -0.369 e. The predicted octanol–water partition coefficient (Wildman–Crippen LogP) is 2.21. The van der Waals surface area contributed by atoms with Gasteiger partial charge < -0.3 is 4.90 Å². The number of nitrogens with zero attached hydrogens (tertiary/aromatic N) is 3. The third-order valence-electron chi connectivity index (χ3n) is 4.98. The number of rotatable bonds is 5. The molecule has 0 spiro atoms. The van der Waals surface area contributed by atoms with Crippen LogP contribution in [0.1, 0.15) is 17.3 Å². The minimum atomic E-state index is -3.60. The number of hydrogen-bond donors (Lipinski definition) is 1. The van der Waals surface area contributed by atoms with E-state index in [2.05, 4.69) is 15.1 Å².